The molecule has 0 saturated heterocycles. The maximum absolute atomic E-state index is 3.73. The summed E-state index contributed by atoms with van der Waals surface area (Å²) in [5, 5.41) is 3.63. The SMILES string of the molecule is C=CCSCCNC1CC(c2cccc(Br)c2)C1. The summed E-state index contributed by atoms with van der Waals surface area (Å²) in [4.78, 5) is 0. The van der Waals surface area contributed by atoms with E-state index in [1.165, 1.54) is 28.6 Å². The topological polar surface area (TPSA) is 12.0 Å². The second-order valence-electron chi connectivity index (χ2n) is 4.74. The minimum absolute atomic E-state index is 0.721. The monoisotopic (exact) mass is 325 g/mol. The van der Waals surface area contributed by atoms with Crippen LogP contribution < -0.4 is 5.32 Å². The molecule has 1 aromatic rings. The van der Waals surface area contributed by atoms with E-state index >= 15 is 0 Å². The van der Waals surface area contributed by atoms with Gasteiger partial charge in [-0.05, 0) is 36.5 Å². The largest absolute Gasteiger partial charge is 0.313 e. The third-order valence-corrected chi connectivity index (χ3v) is 4.83. The maximum Gasteiger partial charge on any atom is 0.0178 e. The number of hydrogen-bond donors (Lipinski definition) is 1. The molecule has 3 heteroatoms. The third-order valence-electron chi connectivity index (χ3n) is 3.37. The second-order valence-corrected chi connectivity index (χ2v) is 6.80. The highest BCUT2D eigenvalue weighted by atomic mass is 79.9. The molecule has 0 heterocycles. The van der Waals surface area contributed by atoms with Crippen LogP contribution in [-0.2, 0) is 0 Å². The first-order chi connectivity index (χ1) is 8.79. The number of hydrogen-bond acceptors (Lipinski definition) is 2. The molecule has 1 N–H and O–H groups in total. The summed E-state index contributed by atoms with van der Waals surface area (Å²) in [5.41, 5.74) is 1.48. The predicted octanol–water partition coefficient (Wildman–Crippen LogP) is 4.20. The minimum atomic E-state index is 0.721. The van der Waals surface area contributed by atoms with Crippen molar-refractivity contribution in [3.63, 3.8) is 0 Å². The fourth-order valence-corrected chi connectivity index (χ4v) is 3.33. The summed E-state index contributed by atoms with van der Waals surface area (Å²) in [5.74, 6) is 3.00. The van der Waals surface area contributed by atoms with Gasteiger partial charge in [0.25, 0.3) is 0 Å². The Bertz CT molecular complexity index is 388. The van der Waals surface area contributed by atoms with Gasteiger partial charge in [-0.1, -0.05) is 34.1 Å². The molecular formula is C15H20BrNS. The van der Waals surface area contributed by atoms with Crippen LogP contribution in [0, 0.1) is 0 Å². The number of rotatable bonds is 7. The average molecular weight is 326 g/mol. The van der Waals surface area contributed by atoms with E-state index in [9.17, 15) is 0 Å². The van der Waals surface area contributed by atoms with Gasteiger partial charge in [-0.2, -0.15) is 11.8 Å². The van der Waals surface area contributed by atoms with E-state index in [0.29, 0.717) is 0 Å². The van der Waals surface area contributed by atoms with Gasteiger partial charge < -0.3 is 5.32 Å². The van der Waals surface area contributed by atoms with Gasteiger partial charge in [0.2, 0.25) is 0 Å². The van der Waals surface area contributed by atoms with Crippen molar-refractivity contribution in [2.75, 3.05) is 18.1 Å². The Morgan fingerprint density at radius 3 is 3.00 bits per heavy atom. The molecule has 0 aromatic heterocycles. The van der Waals surface area contributed by atoms with Gasteiger partial charge in [-0.3, -0.25) is 0 Å². The van der Waals surface area contributed by atoms with E-state index in [-0.39, 0.29) is 0 Å². The Hall–Kier alpha value is -0.250. The normalized spacial score (nSPS) is 22.5. The summed E-state index contributed by atoms with van der Waals surface area (Å²) < 4.78 is 1.19. The zero-order valence-corrected chi connectivity index (χ0v) is 13.0. The van der Waals surface area contributed by atoms with Crippen LogP contribution in [-0.4, -0.2) is 24.1 Å². The Morgan fingerprint density at radius 2 is 2.28 bits per heavy atom. The first-order valence-corrected chi connectivity index (χ1v) is 8.42. The Labute approximate surface area is 123 Å². The van der Waals surface area contributed by atoms with Crippen molar-refractivity contribution in [3.05, 3.63) is 47.0 Å². The smallest absolute Gasteiger partial charge is 0.0178 e. The lowest BCUT2D eigenvalue weighted by Gasteiger charge is -2.36. The van der Waals surface area contributed by atoms with E-state index in [1.54, 1.807) is 0 Å². The number of benzene rings is 1. The van der Waals surface area contributed by atoms with E-state index in [0.717, 1.165) is 24.3 Å². The van der Waals surface area contributed by atoms with Crippen LogP contribution in [0.15, 0.2) is 41.4 Å². The fraction of sp³-hybridized carbons (Fsp3) is 0.467. The summed E-state index contributed by atoms with van der Waals surface area (Å²) in [6.45, 7) is 4.85. The molecule has 0 spiro atoms. The van der Waals surface area contributed by atoms with Crippen molar-refractivity contribution in [1.82, 2.24) is 5.32 Å². The van der Waals surface area contributed by atoms with Crippen molar-refractivity contribution >= 4 is 27.7 Å². The van der Waals surface area contributed by atoms with Crippen molar-refractivity contribution < 1.29 is 0 Å². The quantitative estimate of drug-likeness (QED) is 0.595. The predicted molar refractivity (Wildman–Crippen MR) is 85.4 cm³/mol. The Kier molecular flexibility index (Phi) is 5.80. The summed E-state index contributed by atoms with van der Waals surface area (Å²) in [6, 6.07) is 9.44. The van der Waals surface area contributed by atoms with E-state index in [1.807, 2.05) is 17.8 Å². The molecule has 0 amide bonds. The number of nitrogens with one attached hydrogen (secondary N) is 1. The van der Waals surface area contributed by atoms with Gasteiger partial charge in [0.15, 0.2) is 0 Å². The van der Waals surface area contributed by atoms with Crippen molar-refractivity contribution in [2.45, 2.75) is 24.8 Å². The van der Waals surface area contributed by atoms with E-state index < -0.39 is 0 Å². The van der Waals surface area contributed by atoms with E-state index in [4.69, 9.17) is 0 Å². The molecule has 0 aliphatic heterocycles. The van der Waals surface area contributed by atoms with Gasteiger partial charge in [-0.15, -0.1) is 6.58 Å². The summed E-state index contributed by atoms with van der Waals surface area (Å²) >= 11 is 5.48. The van der Waals surface area contributed by atoms with Crippen LogP contribution in [0.5, 0.6) is 0 Å². The molecule has 1 aliphatic rings. The molecule has 1 aromatic carbocycles. The van der Waals surface area contributed by atoms with Crippen molar-refractivity contribution in [1.29, 1.82) is 0 Å². The van der Waals surface area contributed by atoms with Crippen LogP contribution in [0.25, 0.3) is 0 Å². The molecule has 1 saturated carbocycles. The first kappa shape index (κ1) is 14.2. The Morgan fingerprint density at radius 1 is 1.44 bits per heavy atom. The van der Waals surface area contributed by atoms with Crippen LogP contribution in [0.4, 0.5) is 0 Å². The highest BCUT2D eigenvalue weighted by Crippen LogP contribution is 2.37. The summed E-state index contributed by atoms with van der Waals surface area (Å²) in [7, 11) is 0. The second kappa shape index (κ2) is 7.37. The molecule has 1 aliphatic carbocycles. The lowest BCUT2D eigenvalue weighted by Crippen LogP contribution is -2.41. The van der Waals surface area contributed by atoms with Crippen LogP contribution in [0.1, 0.15) is 24.3 Å². The maximum atomic E-state index is 3.73. The van der Waals surface area contributed by atoms with Gasteiger partial charge in [-0.25, -0.2) is 0 Å². The summed E-state index contributed by atoms with van der Waals surface area (Å²) in [6.07, 6.45) is 4.53. The lowest BCUT2D eigenvalue weighted by atomic mass is 9.76. The molecule has 0 unspecified atom stereocenters. The molecule has 0 bridgehead atoms. The first-order valence-electron chi connectivity index (χ1n) is 6.47. The molecular weight excluding hydrogens is 306 g/mol. The molecule has 18 heavy (non-hydrogen) atoms. The fourth-order valence-electron chi connectivity index (χ4n) is 2.32. The van der Waals surface area contributed by atoms with Gasteiger partial charge in [0.1, 0.15) is 0 Å². The highest BCUT2D eigenvalue weighted by molar-refractivity contribution is 9.10. The molecule has 1 nitrogen and oxygen atoms in total. The molecule has 0 radical (unpaired) electrons. The molecule has 1 fully saturated rings. The molecule has 0 atom stereocenters. The van der Waals surface area contributed by atoms with Gasteiger partial charge >= 0.3 is 0 Å². The average Bonchev–Trinajstić information content (AvgIpc) is 2.31. The van der Waals surface area contributed by atoms with Crippen LogP contribution >= 0.6 is 27.7 Å². The molecule has 98 valence electrons. The van der Waals surface area contributed by atoms with Gasteiger partial charge in [0, 0.05) is 28.6 Å². The lowest BCUT2D eigenvalue weighted by molar-refractivity contribution is 0.296. The zero-order valence-electron chi connectivity index (χ0n) is 10.6. The van der Waals surface area contributed by atoms with Crippen molar-refractivity contribution in [3.8, 4) is 0 Å². The highest BCUT2D eigenvalue weighted by Gasteiger charge is 2.29. The zero-order chi connectivity index (χ0) is 12.8. The van der Waals surface area contributed by atoms with Crippen LogP contribution in [0.2, 0.25) is 0 Å². The van der Waals surface area contributed by atoms with Crippen molar-refractivity contribution in [2.24, 2.45) is 0 Å². The van der Waals surface area contributed by atoms with Crippen LogP contribution in [0.3, 0.4) is 0 Å². The standard InChI is InChI=1S/C15H20BrNS/c1-2-7-18-8-6-17-15-10-13(11-15)12-4-3-5-14(16)9-12/h2-5,9,13,15,17H,1,6-8,10-11H2. The number of halogens is 1. The van der Waals surface area contributed by atoms with E-state index in [2.05, 4.69) is 52.1 Å². The third kappa shape index (κ3) is 4.15. The molecule has 2 rings (SSSR count). The Balaban J connectivity index is 1.63. The number of thioether (sulfide) groups is 1. The minimum Gasteiger partial charge on any atom is -0.313 e. The van der Waals surface area contributed by atoms with Gasteiger partial charge in [0.05, 0.1) is 0 Å².